The topological polar surface area (TPSA) is 42.1 Å². The molecule has 0 amide bonds. The maximum absolute atomic E-state index is 14.4. The lowest BCUT2D eigenvalue weighted by Crippen LogP contribution is -2.38. The molecule has 0 aliphatic carbocycles. The molecule has 0 spiro atoms. The van der Waals surface area contributed by atoms with Crippen LogP contribution in [0.25, 0.3) is 10.9 Å². The average Bonchev–Trinajstić information content (AvgIpc) is 2.40. The summed E-state index contributed by atoms with van der Waals surface area (Å²) in [4.78, 5) is 6.46. The molecule has 2 heterocycles. The first kappa shape index (κ1) is 13.2. The predicted octanol–water partition coefficient (Wildman–Crippen LogP) is 3.58. The molecule has 2 N–H and O–H groups in total. The van der Waals surface area contributed by atoms with Gasteiger partial charge in [0.25, 0.3) is 0 Å². The Balaban J connectivity index is 2.08. The highest BCUT2D eigenvalue weighted by atomic mass is 19.1. The van der Waals surface area contributed by atoms with Gasteiger partial charge in [-0.05, 0) is 36.5 Å². The predicted molar refractivity (Wildman–Crippen MR) is 81.3 cm³/mol. The molecular weight excluding hydrogens is 253 g/mol. The van der Waals surface area contributed by atoms with Gasteiger partial charge >= 0.3 is 0 Å². The first-order valence-electron chi connectivity index (χ1n) is 7.06. The Morgan fingerprint density at radius 2 is 2.00 bits per heavy atom. The summed E-state index contributed by atoms with van der Waals surface area (Å²) in [6, 6.07) is 5.15. The molecule has 20 heavy (non-hydrogen) atoms. The molecule has 2 aromatic rings. The second-order valence-electron chi connectivity index (χ2n) is 6.35. The molecule has 0 unspecified atom stereocenters. The van der Waals surface area contributed by atoms with Gasteiger partial charge in [0.2, 0.25) is 0 Å². The maximum Gasteiger partial charge on any atom is 0.150 e. The van der Waals surface area contributed by atoms with Crippen molar-refractivity contribution < 1.29 is 4.39 Å². The quantitative estimate of drug-likeness (QED) is 0.807. The van der Waals surface area contributed by atoms with E-state index in [4.69, 9.17) is 5.73 Å². The summed E-state index contributed by atoms with van der Waals surface area (Å²) in [5, 5.41) is 0.828. The van der Waals surface area contributed by atoms with Crippen LogP contribution in [0.4, 0.5) is 15.8 Å². The Bertz CT molecular complexity index is 641. The third kappa shape index (κ3) is 2.19. The molecule has 3 rings (SSSR count). The summed E-state index contributed by atoms with van der Waals surface area (Å²) in [6.45, 7) is 6.25. The van der Waals surface area contributed by atoms with E-state index in [0.29, 0.717) is 22.3 Å². The summed E-state index contributed by atoms with van der Waals surface area (Å²) in [7, 11) is 0. The van der Waals surface area contributed by atoms with Crippen molar-refractivity contribution in [3.63, 3.8) is 0 Å². The van der Waals surface area contributed by atoms with E-state index in [9.17, 15) is 4.39 Å². The third-order valence-corrected chi connectivity index (χ3v) is 4.28. The molecule has 0 radical (unpaired) electrons. The molecule has 1 aliphatic heterocycles. The fourth-order valence-electron chi connectivity index (χ4n) is 2.86. The van der Waals surface area contributed by atoms with Gasteiger partial charge in [-0.1, -0.05) is 13.8 Å². The van der Waals surface area contributed by atoms with Crippen molar-refractivity contribution in [1.29, 1.82) is 0 Å². The fraction of sp³-hybridized carbons (Fsp3) is 0.438. The van der Waals surface area contributed by atoms with E-state index in [1.165, 1.54) is 6.07 Å². The van der Waals surface area contributed by atoms with Crippen molar-refractivity contribution >= 4 is 22.3 Å². The highest BCUT2D eigenvalue weighted by molar-refractivity contribution is 5.98. The molecule has 4 heteroatoms. The summed E-state index contributed by atoms with van der Waals surface area (Å²) < 4.78 is 14.4. The highest BCUT2D eigenvalue weighted by Gasteiger charge is 2.28. The molecule has 1 aromatic heterocycles. The zero-order valence-electron chi connectivity index (χ0n) is 12.0. The summed E-state index contributed by atoms with van der Waals surface area (Å²) in [5.74, 6) is -0.270. The molecule has 0 saturated carbocycles. The van der Waals surface area contributed by atoms with Gasteiger partial charge < -0.3 is 10.6 Å². The smallest absolute Gasteiger partial charge is 0.150 e. The standard InChI is InChI=1S/C16H20FN3/c1-16(2)5-8-20(9-6-16)15-12(17)10-13(18)11-4-3-7-19-14(11)15/h3-4,7,10H,5-6,8-9,18H2,1-2H3. The van der Waals surface area contributed by atoms with E-state index in [2.05, 4.69) is 23.7 Å². The third-order valence-electron chi connectivity index (χ3n) is 4.28. The maximum atomic E-state index is 14.4. The van der Waals surface area contributed by atoms with Gasteiger partial charge in [0.1, 0.15) is 0 Å². The zero-order chi connectivity index (χ0) is 14.3. The largest absolute Gasteiger partial charge is 0.398 e. The van der Waals surface area contributed by atoms with Crippen molar-refractivity contribution in [2.24, 2.45) is 5.41 Å². The van der Waals surface area contributed by atoms with Crippen LogP contribution in [0.2, 0.25) is 0 Å². The Hall–Kier alpha value is -1.84. The van der Waals surface area contributed by atoms with Crippen molar-refractivity contribution in [2.45, 2.75) is 26.7 Å². The monoisotopic (exact) mass is 273 g/mol. The van der Waals surface area contributed by atoms with Crippen LogP contribution in [0.1, 0.15) is 26.7 Å². The van der Waals surface area contributed by atoms with Gasteiger partial charge in [0, 0.05) is 30.4 Å². The molecule has 1 aliphatic rings. The van der Waals surface area contributed by atoms with Crippen LogP contribution in [-0.4, -0.2) is 18.1 Å². The van der Waals surface area contributed by atoms with Crippen LogP contribution in [0.15, 0.2) is 24.4 Å². The summed E-state index contributed by atoms with van der Waals surface area (Å²) >= 11 is 0. The minimum absolute atomic E-state index is 0.270. The second kappa shape index (κ2) is 4.62. The second-order valence-corrected chi connectivity index (χ2v) is 6.35. The Kier molecular flexibility index (Phi) is 3.04. The molecule has 0 atom stereocenters. The Morgan fingerprint density at radius 3 is 2.70 bits per heavy atom. The van der Waals surface area contributed by atoms with E-state index in [0.717, 1.165) is 31.3 Å². The highest BCUT2D eigenvalue weighted by Crippen LogP contribution is 2.37. The van der Waals surface area contributed by atoms with Crippen LogP contribution in [0.5, 0.6) is 0 Å². The minimum atomic E-state index is -0.270. The van der Waals surface area contributed by atoms with Gasteiger partial charge in [-0.3, -0.25) is 4.98 Å². The first-order valence-corrected chi connectivity index (χ1v) is 7.06. The van der Waals surface area contributed by atoms with Gasteiger partial charge in [0.05, 0.1) is 11.2 Å². The summed E-state index contributed by atoms with van der Waals surface area (Å²) in [5.41, 5.74) is 7.96. The molecule has 0 bridgehead atoms. The van der Waals surface area contributed by atoms with E-state index in [1.54, 1.807) is 6.20 Å². The summed E-state index contributed by atoms with van der Waals surface area (Å²) in [6.07, 6.45) is 3.81. The van der Waals surface area contributed by atoms with Gasteiger partial charge in [-0.2, -0.15) is 0 Å². The zero-order valence-corrected chi connectivity index (χ0v) is 12.0. The normalized spacial score (nSPS) is 18.4. The van der Waals surface area contributed by atoms with Crippen molar-refractivity contribution in [3.05, 3.63) is 30.2 Å². The number of anilines is 2. The van der Waals surface area contributed by atoms with E-state index in [1.807, 2.05) is 12.1 Å². The number of hydrogen-bond donors (Lipinski definition) is 1. The number of rotatable bonds is 1. The number of halogens is 1. The number of piperidine rings is 1. The lowest BCUT2D eigenvalue weighted by Gasteiger charge is -2.38. The number of nitrogens with two attached hydrogens (primary N) is 1. The molecule has 1 saturated heterocycles. The lowest BCUT2D eigenvalue weighted by molar-refractivity contribution is 0.279. The number of fused-ring (bicyclic) bond motifs is 1. The molecule has 1 fully saturated rings. The van der Waals surface area contributed by atoms with Crippen molar-refractivity contribution in [3.8, 4) is 0 Å². The van der Waals surface area contributed by atoms with Gasteiger partial charge in [0.15, 0.2) is 5.82 Å². The number of nitrogens with zero attached hydrogens (tertiary/aromatic N) is 2. The number of aromatic nitrogens is 1. The minimum Gasteiger partial charge on any atom is -0.398 e. The fourth-order valence-corrected chi connectivity index (χ4v) is 2.86. The molecule has 3 nitrogen and oxygen atoms in total. The molecule has 1 aromatic carbocycles. The molecule has 106 valence electrons. The lowest BCUT2D eigenvalue weighted by atomic mass is 9.82. The van der Waals surface area contributed by atoms with Crippen LogP contribution in [-0.2, 0) is 0 Å². The number of benzene rings is 1. The van der Waals surface area contributed by atoms with E-state index < -0.39 is 0 Å². The van der Waals surface area contributed by atoms with E-state index >= 15 is 0 Å². The number of hydrogen-bond acceptors (Lipinski definition) is 3. The Morgan fingerprint density at radius 1 is 1.30 bits per heavy atom. The van der Waals surface area contributed by atoms with Crippen LogP contribution in [0, 0.1) is 11.2 Å². The van der Waals surface area contributed by atoms with Crippen LogP contribution >= 0.6 is 0 Å². The number of nitrogen functional groups attached to an aromatic ring is 1. The number of pyridine rings is 1. The first-order chi connectivity index (χ1) is 9.48. The van der Waals surface area contributed by atoms with Crippen LogP contribution in [0.3, 0.4) is 0 Å². The van der Waals surface area contributed by atoms with Crippen molar-refractivity contribution in [1.82, 2.24) is 4.98 Å². The van der Waals surface area contributed by atoms with Crippen LogP contribution < -0.4 is 10.6 Å². The average molecular weight is 273 g/mol. The van der Waals surface area contributed by atoms with Gasteiger partial charge in [-0.15, -0.1) is 0 Å². The van der Waals surface area contributed by atoms with Gasteiger partial charge in [-0.25, -0.2) is 4.39 Å². The SMILES string of the molecule is CC1(C)CCN(c2c(F)cc(N)c3cccnc23)CC1. The van der Waals surface area contributed by atoms with Crippen molar-refractivity contribution in [2.75, 3.05) is 23.7 Å². The van der Waals surface area contributed by atoms with E-state index in [-0.39, 0.29) is 5.82 Å². The Labute approximate surface area is 118 Å². The molecular formula is C16H20FN3.